The van der Waals surface area contributed by atoms with E-state index in [1.165, 1.54) is 5.56 Å². The summed E-state index contributed by atoms with van der Waals surface area (Å²) in [6.07, 6.45) is 0. The molecule has 2 heterocycles. The molecule has 2 aliphatic rings. The van der Waals surface area contributed by atoms with Crippen LogP contribution >= 0.6 is 0 Å². The Morgan fingerprint density at radius 2 is 2.14 bits per heavy atom. The van der Waals surface area contributed by atoms with E-state index < -0.39 is 0 Å². The fourth-order valence-electron chi connectivity index (χ4n) is 2.61. The highest BCUT2D eigenvalue weighted by Gasteiger charge is 2.16. The molecule has 1 N–H and O–H groups in total. The molecule has 0 radical (unpaired) electrons. The Labute approximate surface area is 130 Å². The van der Waals surface area contributed by atoms with E-state index in [0.717, 1.165) is 31.0 Å². The second-order valence-electron chi connectivity index (χ2n) is 5.36. The van der Waals surface area contributed by atoms with E-state index in [9.17, 15) is 4.79 Å². The molecule has 0 aromatic heterocycles. The first-order valence-corrected chi connectivity index (χ1v) is 7.65. The highest BCUT2D eigenvalue weighted by atomic mass is 16.5. The van der Waals surface area contributed by atoms with Crippen molar-refractivity contribution in [2.75, 3.05) is 46.0 Å². The van der Waals surface area contributed by atoms with Crippen molar-refractivity contribution >= 4 is 11.8 Å². The van der Waals surface area contributed by atoms with Gasteiger partial charge in [0.25, 0.3) is 0 Å². The topological polar surface area (TPSA) is 63.2 Å². The lowest BCUT2D eigenvalue weighted by molar-refractivity contribution is -0.145. The van der Waals surface area contributed by atoms with Crippen LogP contribution in [-0.4, -0.2) is 62.7 Å². The molecule has 22 heavy (non-hydrogen) atoms. The maximum absolute atomic E-state index is 11.7. The van der Waals surface area contributed by atoms with E-state index in [-0.39, 0.29) is 5.97 Å². The minimum atomic E-state index is -0.183. The molecule has 0 unspecified atom stereocenters. The lowest BCUT2D eigenvalue weighted by atomic mass is 10.1. The number of rotatable bonds is 5. The van der Waals surface area contributed by atoms with Crippen molar-refractivity contribution in [3.63, 3.8) is 0 Å². The number of carbonyl (C=O) groups is 1. The number of benzene rings is 1. The molecule has 6 heteroatoms. The molecule has 0 bridgehead atoms. The smallest absolute Gasteiger partial charge is 0.320 e. The first-order valence-electron chi connectivity index (χ1n) is 7.65. The summed E-state index contributed by atoms with van der Waals surface area (Å²) in [6.45, 7) is 4.94. The number of amidine groups is 1. The molecule has 2 aliphatic heterocycles. The van der Waals surface area contributed by atoms with E-state index in [2.05, 4.69) is 27.3 Å². The van der Waals surface area contributed by atoms with Crippen LogP contribution in [-0.2, 0) is 20.8 Å². The quantitative estimate of drug-likeness (QED) is 0.631. The SMILES string of the molecule is O=C(CN1CCOCC1)OCCNC1=NCc2ccccc21. The van der Waals surface area contributed by atoms with Gasteiger partial charge in [-0.2, -0.15) is 0 Å². The number of esters is 1. The average Bonchev–Trinajstić information content (AvgIpc) is 2.96. The third-order valence-electron chi connectivity index (χ3n) is 3.79. The summed E-state index contributed by atoms with van der Waals surface area (Å²) in [5.41, 5.74) is 2.37. The summed E-state index contributed by atoms with van der Waals surface area (Å²) in [6, 6.07) is 8.16. The van der Waals surface area contributed by atoms with Crippen LogP contribution in [0.15, 0.2) is 29.3 Å². The van der Waals surface area contributed by atoms with Crippen LogP contribution in [0.4, 0.5) is 0 Å². The molecule has 1 aromatic carbocycles. The van der Waals surface area contributed by atoms with Gasteiger partial charge in [-0.3, -0.25) is 14.7 Å². The first-order chi connectivity index (χ1) is 10.8. The third-order valence-corrected chi connectivity index (χ3v) is 3.79. The molecule has 118 valence electrons. The van der Waals surface area contributed by atoms with Gasteiger partial charge in [-0.15, -0.1) is 0 Å². The number of carbonyl (C=O) groups excluding carboxylic acids is 1. The first kappa shape index (κ1) is 15.0. The summed E-state index contributed by atoms with van der Waals surface area (Å²) >= 11 is 0. The predicted molar refractivity (Wildman–Crippen MR) is 82.9 cm³/mol. The second-order valence-corrected chi connectivity index (χ2v) is 5.36. The zero-order valence-electron chi connectivity index (χ0n) is 12.6. The van der Waals surface area contributed by atoms with Gasteiger partial charge in [0.2, 0.25) is 0 Å². The molecule has 0 saturated carbocycles. The van der Waals surface area contributed by atoms with E-state index in [1.807, 2.05) is 12.1 Å². The van der Waals surface area contributed by atoms with Crippen molar-refractivity contribution in [2.45, 2.75) is 6.54 Å². The van der Waals surface area contributed by atoms with Gasteiger partial charge in [0.05, 0.1) is 32.8 Å². The van der Waals surface area contributed by atoms with E-state index >= 15 is 0 Å². The molecule has 0 spiro atoms. The third kappa shape index (κ3) is 3.84. The van der Waals surface area contributed by atoms with Crippen LogP contribution in [0.5, 0.6) is 0 Å². The van der Waals surface area contributed by atoms with Gasteiger partial charge in [-0.25, -0.2) is 0 Å². The largest absolute Gasteiger partial charge is 0.463 e. The van der Waals surface area contributed by atoms with Crippen molar-refractivity contribution in [3.05, 3.63) is 35.4 Å². The van der Waals surface area contributed by atoms with E-state index in [1.54, 1.807) is 0 Å². The van der Waals surface area contributed by atoms with Crippen LogP contribution in [0.1, 0.15) is 11.1 Å². The Morgan fingerprint density at radius 3 is 3.00 bits per heavy atom. The number of fused-ring (bicyclic) bond motifs is 1. The van der Waals surface area contributed by atoms with Gasteiger partial charge >= 0.3 is 5.97 Å². The second kappa shape index (κ2) is 7.38. The number of hydrogen-bond acceptors (Lipinski definition) is 6. The van der Waals surface area contributed by atoms with Gasteiger partial charge in [0.15, 0.2) is 0 Å². The van der Waals surface area contributed by atoms with Crippen molar-refractivity contribution in [3.8, 4) is 0 Å². The van der Waals surface area contributed by atoms with E-state index in [0.29, 0.717) is 32.9 Å². The minimum Gasteiger partial charge on any atom is -0.463 e. The van der Waals surface area contributed by atoms with Gasteiger partial charge in [-0.05, 0) is 5.56 Å². The van der Waals surface area contributed by atoms with Crippen molar-refractivity contribution in [1.29, 1.82) is 0 Å². The van der Waals surface area contributed by atoms with Gasteiger partial charge in [0.1, 0.15) is 12.4 Å². The summed E-state index contributed by atoms with van der Waals surface area (Å²) in [7, 11) is 0. The molecule has 6 nitrogen and oxygen atoms in total. The number of morpholine rings is 1. The summed E-state index contributed by atoms with van der Waals surface area (Å²) < 4.78 is 10.5. The fraction of sp³-hybridized carbons (Fsp3) is 0.500. The molecule has 0 atom stereocenters. The van der Waals surface area contributed by atoms with Gasteiger partial charge in [-0.1, -0.05) is 24.3 Å². The maximum atomic E-state index is 11.7. The zero-order chi connectivity index (χ0) is 15.2. The molecular weight excluding hydrogens is 282 g/mol. The van der Waals surface area contributed by atoms with Gasteiger partial charge < -0.3 is 14.8 Å². The maximum Gasteiger partial charge on any atom is 0.320 e. The Hall–Kier alpha value is -1.92. The van der Waals surface area contributed by atoms with Crippen molar-refractivity contribution in [1.82, 2.24) is 10.2 Å². The van der Waals surface area contributed by atoms with Gasteiger partial charge in [0, 0.05) is 18.7 Å². The molecule has 1 saturated heterocycles. The number of nitrogens with one attached hydrogen (secondary N) is 1. The van der Waals surface area contributed by atoms with Crippen LogP contribution in [0.3, 0.4) is 0 Å². The molecule has 1 aromatic rings. The lowest BCUT2D eigenvalue weighted by Crippen LogP contribution is -2.40. The molecule has 0 aliphatic carbocycles. The monoisotopic (exact) mass is 303 g/mol. The molecule has 0 amide bonds. The molecular formula is C16H21N3O3. The highest BCUT2D eigenvalue weighted by Crippen LogP contribution is 2.16. The average molecular weight is 303 g/mol. The molecule has 1 fully saturated rings. The molecule has 3 rings (SSSR count). The predicted octanol–water partition coefficient (Wildman–Crippen LogP) is 0.412. The summed E-state index contributed by atoms with van der Waals surface area (Å²) in [5.74, 6) is 0.706. The number of aliphatic imine (C=N–C) groups is 1. The van der Waals surface area contributed by atoms with Crippen molar-refractivity contribution < 1.29 is 14.3 Å². The Morgan fingerprint density at radius 1 is 1.32 bits per heavy atom. The van der Waals surface area contributed by atoms with Crippen molar-refractivity contribution in [2.24, 2.45) is 4.99 Å². The standard InChI is InChI=1S/C16H21N3O3/c20-15(12-19-6-9-21-10-7-19)22-8-5-17-16-14-4-2-1-3-13(14)11-18-16/h1-4H,5-12H2,(H,17,18). The Kier molecular flexibility index (Phi) is 5.03. The normalized spacial score (nSPS) is 17.7. The Bertz CT molecular complexity index is 553. The number of nitrogens with zero attached hydrogens (tertiary/aromatic N) is 2. The minimum absolute atomic E-state index is 0.183. The fourth-order valence-corrected chi connectivity index (χ4v) is 2.61. The van der Waals surface area contributed by atoms with Crippen LogP contribution in [0.2, 0.25) is 0 Å². The van der Waals surface area contributed by atoms with Crippen LogP contribution in [0.25, 0.3) is 0 Å². The van der Waals surface area contributed by atoms with E-state index in [4.69, 9.17) is 9.47 Å². The Balaban J connectivity index is 1.35. The van der Waals surface area contributed by atoms with Crippen LogP contribution in [0, 0.1) is 0 Å². The highest BCUT2D eigenvalue weighted by molar-refractivity contribution is 6.01. The number of ether oxygens (including phenoxy) is 2. The summed E-state index contributed by atoms with van der Waals surface area (Å²) in [5, 5.41) is 3.24. The number of hydrogen-bond donors (Lipinski definition) is 1. The zero-order valence-corrected chi connectivity index (χ0v) is 12.6. The van der Waals surface area contributed by atoms with Crippen LogP contribution < -0.4 is 5.32 Å². The summed E-state index contributed by atoms with van der Waals surface area (Å²) in [4.78, 5) is 18.3. The lowest BCUT2D eigenvalue weighted by Gasteiger charge is -2.25.